The molecule has 28 heavy (non-hydrogen) atoms. The second kappa shape index (κ2) is 7.74. The zero-order valence-corrected chi connectivity index (χ0v) is 16.1. The van der Waals surface area contributed by atoms with E-state index >= 15 is 0 Å². The predicted octanol–water partition coefficient (Wildman–Crippen LogP) is 5.92. The molecule has 0 bridgehead atoms. The first-order chi connectivity index (χ1) is 13.7. The molecule has 1 aromatic heterocycles. The molecule has 0 radical (unpaired) electrons. The van der Waals surface area contributed by atoms with Gasteiger partial charge in [0.15, 0.2) is 5.58 Å². The van der Waals surface area contributed by atoms with Crippen molar-refractivity contribution in [3.63, 3.8) is 0 Å². The average Bonchev–Trinajstić information content (AvgIpc) is 3.16. The van der Waals surface area contributed by atoms with E-state index in [-0.39, 0.29) is 0 Å². The fourth-order valence-electron chi connectivity index (χ4n) is 2.79. The topological polar surface area (TPSA) is 56.9 Å². The fourth-order valence-corrected chi connectivity index (χ4v) is 3.05. The molecule has 0 amide bonds. The standard InChI is InChI=1S/C22H17ClN2O3/c1-26-17-5-3-4-15(11-17)22-25-19-12-16(7-9-21(19)28-22)24-13-14-6-8-20(27-2)18(23)10-14/h3-13H,1-2H3. The first-order valence-electron chi connectivity index (χ1n) is 8.59. The van der Waals surface area contributed by atoms with Crippen LogP contribution >= 0.6 is 11.6 Å². The van der Waals surface area contributed by atoms with Crippen LogP contribution in [0.4, 0.5) is 5.69 Å². The van der Waals surface area contributed by atoms with Crippen LogP contribution in [0.25, 0.3) is 22.6 Å². The minimum absolute atomic E-state index is 0.539. The molecule has 0 spiro atoms. The van der Waals surface area contributed by atoms with Crippen LogP contribution < -0.4 is 9.47 Å². The lowest BCUT2D eigenvalue weighted by molar-refractivity contribution is 0.415. The highest BCUT2D eigenvalue weighted by Gasteiger charge is 2.09. The third kappa shape index (κ3) is 3.70. The molecule has 6 heteroatoms. The average molecular weight is 393 g/mol. The number of methoxy groups -OCH3 is 2. The molecule has 0 aliphatic carbocycles. The Morgan fingerprint density at radius 1 is 1.00 bits per heavy atom. The quantitative estimate of drug-likeness (QED) is 0.396. The second-order valence-corrected chi connectivity index (χ2v) is 6.46. The lowest BCUT2D eigenvalue weighted by atomic mass is 10.2. The molecular formula is C22H17ClN2O3. The molecule has 4 rings (SSSR count). The maximum absolute atomic E-state index is 6.15. The summed E-state index contributed by atoms with van der Waals surface area (Å²) in [7, 11) is 3.22. The number of hydrogen-bond acceptors (Lipinski definition) is 5. The summed E-state index contributed by atoms with van der Waals surface area (Å²) in [5.41, 5.74) is 3.94. The van der Waals surface area contributed by atoms with Crippen LogP contribution in [-0.2, 0) is 0 Å². The highest BCUT2D eigenvalue weighted by atomic mass is 35.5. The van der Waals surface area contributed by atoms with Crippen LogP contribution in [0.2, 0.25) is 5.02 Å². The Hall–Kier alpha value is -3.31. The first kappa shape index (κ1) is 18.1. The Labute approximate surface area is 167 Å². The summed E-state index contributed by atoms with van der Waals surface area (Å²) in [5, 5.41) is 0.543. The van der Waals surface area contributed by atoms with Crippen molar-refractivity contribution >= 4 is 34.6 Å². The summed E-state index contributed by atoms with van der Waals surface area (Å²) >= 11 is 6.15. The number of hydrogen-bond donors (Lipinski definition) is 0. The van der Waals surface area contributed by atoms with E-state index in [0.29, 0.717) is 22.2 Å². The fraction of sp³-hybridized carbons (Fsp3) is 0.0909. The highest BCUT2D eigenvalue weighted by Crippen LogP contribution is 2.29. The van der Waals surface area contributed by atoms with E-state index in [9.17, 15) is 0 Å². The molecule has 5 nitrogen and oxygen atoms in total. The van der Waals surface area contributed by atoms with Gasteiger partial charge in [0, 0.05) is 11.8 Å². The lowest BCUT2D eigenvalue weighted by Crippen LogP contribution is -1.86. The first-order valence-corrected chi connectivity index (χ1v) is 8.97. The Kier molecular flexibility index (Phi) is 5.00. The number of oxazole rings is 1. The van der Waals surface area contributed by atoms with Gasteiger partial charge in [0.2, 0.25) is 5.89 Å². The van der Waals surface area contributed by atoms with E-state index in [0.717, 1.165) is 28.1 Å². The number of aliphatic imine (C=N–C) groups is 1. The van der Waals surface area contributed by atoms with Crippen LogP contribution in [0.5, 0.6) is 11.5 Å². The molecule has 4 aromatic rings. The van der Waals surface area contributed by atoms with E-state index in [1.54, 1.807) is 26.5 Å². The smallest absolute Gasteiger partial charge is 0.227 e. The van der Waals surface area contributed by atoms with Crippen LogP contribution in [0.3, 0.4) is 0 Å². The Morgan fingerprint density at radius 3 is 2.68 bits per heavy atom. The summed E-state index contributed by atoms with van der Waals surface area (Å²) in [6.45, 7) is 0. The number of ether oxygens (including phenoxy) is 2. The van der Waals surface area contributed by atoms with Crippen molar-refractivity contribution in [1.82, 2.24) is 4.98 Å². The van der Waals surface area contributed by atoms with Crippen molar-refractivity contribution in [3.05, 3.63) is 71.2 Å². The molecule has 0 saturated heterocycles. The highest BCUT2D eigenvalue weighted by molar-refractivity contribution is 6.32. The van der Waals surface area contributed by atoms with Crippen molar-refractivity contribution in [3.8, 4) is 23.0 Å². The maximum Gasteiger partial charge on any atom is 0.227 e. The number of benzene rings is 3. The summed E-state index contributed by atoms with van der Waals surface area (Å²) in [5.74, 6) is 1.92. The van der Waals surface area contributed by atoms with Crippen molar-refractivity contribution in [1.29, 1.82) is 0 Å². The van der Waals surface area contributed by atoms with Gasteiger partial charge in [0.05, 0.1) is 24.9 Å². The van der Waals surface area contributed by atoms with Gasteiger partial charge in [-0.05, 0) is 60.2 Å². The van der Waals surface area contributed by atoms with Gasteiger partial charge >= 0.3 is 0 Å². The number of aromatic nitrogens is 1. The zero-order chi connectivity index (χ0) is 19.5. The van der Waals surface area contributed by atoms with E-state index in [2.05, 4.69) is 9.98 Å². The van der Waals surface area contributed by atoms with Crippen LogP contribution in [-0.4, -0.2) is 25.4 Å². The van der Waals surface area contributed by atoms with Gasteiger partial charge in [-0.25, -0.2) is 4.98 Å². The van der Waals surface area contributed by atoms with E-state index in [1.807, 2.05) is 54.6 Å². The van der Waals surface area contributed by atoms with Gasteiger partial charge in [-0.2, -0.15) is 0 Å². The van der Waals surface area contributed by atoms with E-state index in [4.69, 9.17) is 25.5 Å². The van der Waals surface area contributed by atoms with Crippen LogP contribution in [0.15, 0.2) is 70.1 Å². The van der Waals surface area contributed by atoms with Crippen molar-refractivity contribution in [2.24, 2.45) is 4.99 Å². The van der Waals surface area contributed by atoms with Gasteiger partial charge in [0.1, 0.15) is 17.0 Å². The Bertz CT molecular complexity index is 1170. The number of halogens is 1. The van der Waals surface area contributed by atoms with Gasteiger partial charge in [-0.3, -0.25) is 4.99 Å². The molecule has 0 N–H and O–H groups in total. The van der Waals surface area contributed by atoms with Crippen molar-refractivity contribution in [2.75, 3.05) is 14.2 Å². The third-order valence-electron chi connectivity index (χ3n) is 4.23. The number of rotatable bonds is 5. The van der Waals surface area contributed by atoms with E-state index < -0.39 is 0 Å². The lowest BCUT2D eigenvalue weighted by Gasteiger charge is -2.02. The number of nitrogens with zero attached hydrogens (tertiary/aromatic N) is 2. The second-order valence-electron chi connectivity index (χ2n) is 6.06. The summed E-state index contributed by atoms with van der Waals surface area (Å²) in [6, 6.07) is 18.7. The molecule has 0 fully saturated rings. The van der Waals surface area contributed by atoms with E-state index in [1.165, 1.54) is 0 Å². The van der Waals surface area contributed by atoms with Gasteiger partial charge < -0.3 is 13.9 Å². The molecule has 0 aliphatic rings. The zero-order valence-electron chi connectivity index (χ0n) is 15.3. The summed E-state index contributed by atoms with van der Waals surface area (Å²) < 4.78 is 16.3. The van der Waals surface area contributed by atoms with Crippen LogP contribution in [0.1, 0.15) is 5.56 Å². The molecule has 0 unspecified atom stereocenters. The minimum atomic E-state index is 0.539. The number of fused-ring (bicyclic) bond motifs is 1. The Balaban J connectivity index is 1.62. The van der Waals surface area contributed by atoms with Crippen LogP contribution in [0, 0.1) is 0 Å². The molecule has 0 saturated carbocycles. The van der Waals surface area contributed by atoms with Gasteiger partial charge in [0.25, 0.3) is 0 Å². The van der Waals surface area contributed by atoms with Gasteiger partial charge in [-0.15, -0.1) is 0 Å². The molecule has 3 aromatic carbocycles. The van der Waals surface area contributed by atoms with Crippen molar-refractivity contribution in [2.45, 2.75) is 0 Å². The predicted molar refractivity (Wildman–Crippen MR) is 111 cm³/mol. The maximum atomic E-state index is 6.15. The minimum Gasteiger partial charge on any atom is -0.497 e. The normalized spacial score (nSPS) is 11.2. The SMILES string of the molecule is COc1cccc(-c2nc3cc(N=Cc4ccc(OC)c(Cl)c4)ccc3o2)c1. The summed E-state index contributed by atoms with van der Waals surface area (Å²) in [6.07, 6.45) is 1.75. The molecule has 0 atom stereocenters. The van der Waals surface area contributed by atoms with Crippen molar-refractivity contribution < 1.29 is 13.9 Å². The Morgan fingerprint density at radius 2 is 1.89 bits per heavy atom. The molecule has 140 valence electrons. The molecule has 1 heterocycles. The third-order valence-corrected chi connectivity index (χ3v) is 4.52. The summed E-state index contributed by atoms with van der Waals surface area (Å²) in [4.78, 5) is 9.08. The monoisotopic (exact) mass is 392 g/mol. The molecule has 0 aliphatic heterocycles. The van der Waals surface area contributed by atoms with Gasteiger partial charge in [-0.1, -0.05) is 17.7 Å². The molecular weight excluding hydrogens is 376 g/mol. The largest absolute Gasteiger partial charge is 0.497 e.